The van der Waals surface area contributed by atoms with Crippen LogP contribution in [0.25, 0.3) is 0 Å². The van der Waals surface area contributed by atoms with Crippen molar-refractivity contribution in [1.29, 1.82) is 0 Å². The Morgan fingerprint density at radius 3 is 2.63 bits per heavy atom. The number of rotatable bonds is 4. The minimum atomic E-state index is -0.132. The molecule has 102 valence electrons. The third-order valence-electron chi connectivity index (χ3n) is 3.35. The first-order valence-electron chi connectivity index (χ1n) is 6.46. The number of carbonyl (C=O) groups is 1. The van der Waals surface area contributed by atoms with E-state index in [1.807, 2.05) is 6.92 Å². The Kier molecular flexibility index (Phi) is 4.42. The number of thiocarbonyl (C=S) groups is 1. The molecule has 0 atom stereocenters. The van der Waals surface area contributed by atoms with Crippen LogP contribution >= 0.6 is 12.2 Å². The van der Waals surface area contributed by atoms with Crippen molar-refractivity contribution in [3.8, 4) is 0 Å². The summed E-state index contributed by atoms with van der Waals surface area (Å²) < 4.78 is 0. The Labute approximate surface area is 118 Å². The monoisotopic (exact) mass is 278 g/mol. The van der Waals surface area contributed by atoms with E-state index >= 15 is 0 Å². The maximum absolute atomic E-state index is 12.5. The SMILES string of the molecule is Cc1cnc(C(=O)N(CC(N)=S)C2CCCC2)cn1. The minimum Gasteiger partial charge on any atom is -0.392 e. The predicted octanol–water partition coefficient (Wildman–Crippen LogP) is 1.46. The summed E-state index contributed by atoms with van der Waals surface area (Å²) in [6, 6.07) is 0.220. The van der Waals surface area contributed by atoms with Crippen LogP contribution in [-0.4, -0.2) is 38.4 Å². The molecule has 0 aliphatic heterocycles. The third-order valence-corrected chi connectivity index (χ3v) is 3.48. The summed E-state index contributed by atoms with van der Waals surface area (Å²) >= 11 is 4.95. The average molecular weight is 278 g/mol. The Morgan fingerprint density at radius 2 is 2.11 bits per heavy atom. The maximum Gasteiger partial charge on any atom is 0.274 e. The molecule has 0 spiro atoms. The molecule has 0 radical (unpaired) electrons. The highest BCUT2D eigenvalue weighted by atomic mass is 32.1. The lowest BCUT2D eigenvalue weighted by atomic mass is 10.2. The molecule has 1 aliphatic carbocycles. The van der Waals surface area contributed by atoms with Gasteiger partial charge in [0.15, 0.2) is 0 Å². The summed E-state index contributed by atoms with van der Waals surface area (Å²) in [5, 5.41) is 0. The summed E-state index contributed by atoms with van der Waals surface area (Å²) in [5.41, 5.74) is 6.75. The summed E-state index contributed by atoms with van der Waals surface area (Å²) in [6.07, 6.45) is 7.41. The van der Waals surface area contributed by atoms with Crippen molar-refractivity contribution in [1.82, 2.24) is 14.9 Å². The van der Waals surface area contributed by atoms with Gasteiger partial charge in [0.25, 0.3) is 5.91 Å². The van der Waals surface area contributed by atoms with Crippen LogP contribution in [0.2, 0.25) is 0 Å². The maximum atomic E-state index is 12.5. The van der Waals surface area contributed by atoms with Crippen molar-refractivity contribution in [2.75, 3.05) is 6.54 Å². The van der Waals surface area contributed by atoms with Crippen LogP contribution in [0.3, 0.4) is 0 Å². The van der Waals surface area contributed by atoms with Crippen molar-refractivity contribution in [3.05, 3.63) is 23.8 Å². The van der Waals surface area contributed by atoms with E-state index in [1.54, 1.807) is 11.1 Å². The fourth-order valence-electron chi connectivity index (χ4n) is 2.40. The molecule has 5 nitrogen and oxygen atoms in total. The van der Waals surface area contributed by atoms with Crippen LogP contribution in [-0.2, 0) is 0 Å². The zero-order valence-corrected chi connectivity index (χ0v) is 11.8. The number of amides is 1. The molecule has 1 fully saturated rings. The van der Waals surface area contributed by atoms with E-state index in [1.165, 1.54) is 6.20 Å². The van der Waals surface area contributed by atoms with Crippen molar-refractivity contribution in [3.63, 3.8) is 0 Å². The van der Waals surface area contributed by atoms with E-state index < -0.39 is 0 Å². The van der Waals surface area contributed by atoms with Gasteiger partial charge in [-0.05, 0) is 19.8 Å². The van der Waals surface area contributed by atoms with Crippen LogP contribution in [0.5, 0.6) is 0 Å². The molecular weight excluding hydrogens is 260 g/mol. The van der Waals surface area contributed by atoms with E-state index in [0.29, 0.717) is 17.2 Å². The van der Waals surface area contributed by atoms with Gasteiger partial charge in [0.1, 0.15) is 5.69 Å². The van der Waals surface area contributed by atoms with E-state index in [2.05, 4.69) is 9.97 Å². The second kappa shape index (κ2) is 6.06. The minimum absolute atomic E-state index is 0.132. The first-order valence-corrected chi connectivity index (χ1v) is 6.86. The number of carbonyl (C=O) groups excluding carboxylic acids is 1. The van der Waals surface area contributed by atoms with Crippen LogP contribution in [0.15, 0.2) is 12.4 Å². The van der Waals surface area contributed by atoms with Crippen LogP contribution in [0.1, 0.15) is 41.9 Å². The smallest absolute Gasteiger partial charge is 0.274 e. The fraction of sp³-hybridized carbons (Fsp3) is 0.538. The molecule has 2 N–H and O–H groups in total. The Morgan fingerprint density at radius 1 is 1.42 bits per heavy atom. The Balaban J connectivity index is 2.18. The van der Waals surface area contributed by atoms with Gasteiger partial charge in [0, 0.05) is 12.2 Å². The molecule has 0 bridgehead atoms. The normalized spacial score (nSPS) is 15.4. The van der Waals surface area contributed by atoms with Gasteiger partial charge in [-0.2, -0.15) is 0 Å². The molecule has 1 aromatic heterocycles. The molecule has 1 amide bonds. The van der Waals surface area contributed by atoms with Gasteiger partial charge in [0.2, 0.25) is 0 Å². The molecule has 6 heteroatoms. The number of nitrogens with two attached hydrogens (primary N) is 1. The number of hydrogen-bond donors (Lipinski definition) is 1. The van der Waals surface area contributed by atoms with Crippen molar-refractivity contribution < 1.29 is 4.79 Å². The van der Waals surface area contributed by atoms with Crippen LogP contribution < -0.4 is 5.73 Å². The second-order valence-corrected chi connectivity index (χ2v) is 5.41. The predicted molar refractivity (Wildman–Crippen MR) is 76.8 cm³/mol. The largest absolute Gasteiger partial charge is 0.392 e. The Bertz CT molecular complexity index is 468. The topological polar surface area (TPSA) is 72.1 Å². The number of aryl methyl sites for hydroxylation is 1. The highest BCUT2D eigenvalue weighted by Crippen LogP contribution is 2.24. The molecule has 19 heavy (non-hydrogen) atoms. The Hall–Kier alpha value is -1.56. The van der Waals surface area contributed by atoms with Crippen LogP contribution in [0, 0.1) is 6.92 Å². The van der Waals surface area contributed by atoms with Gasteiger partial charge in [-0.3, -0.25) is 9.78 Å². The van der Waals surface area contributed by atoms with Gasteiger partial charge in [-0.25, -0.2) is 4.98 Å². The number of aromatic nitrogens is 2. The average Bonchev–Trinajstić information content (AvgIpc) is 2.89. The summed E-state index contributed by atoms with van der Waals surface area (Å²) in [4.78, 5) is 22.8. The van der Waals surface area contributed by atoms with Crippen molar-refractivity contribution in [2.45, 2.75) is 38.6 Å². The third kappa shape index (κ3) is 3.47. The molecule has 1 heterocycles. The van der Waals surface area contributed by atoms with Gasteiger partial charge >= 0.3 is 0 Å². The molecule has 0 aromatic carbocycles. The molecule has 1 aromatic rings. The zero-order valence-electron chi connectivity index (χ0n) is 11.0. The molecule has 0 saturated heterocycles. The van der Waals surface area contributed by atoms with E-state index in [0.717, 1.165) is 31.4 Å². The van der Waals surface area contributed by atoms with Gasteiger partial charge in [0.05, 0.1) is 23.4 Å². The van der Waals surface area contributed by atoms with Gasteiger partial charge < -0.3 is 10.6 Å². The lowest BCUT2D eigenvalue weighted by Gasteiger charge is -2.28. The van der Waals surface area contributed by atoms with E-state index in [4.69, 9.17) is 18.0 Å². The summed E-state index contributed by atoms with van der Waals surface area (Å²) in [7, 11) is 0. The standard InChI is InChI=1S/C13H18N4OS/c1-9-6-16-11(7-15-9)13(18)17(8-12(14)19)10-4-2-3-5-10/h6-7,10H,2-5,8H2,1H3,(H2,14,19). The lowest BCUT2D eigenvalue weighted by molar-refractivity contribution is 0.0708. The van der Waals surface area contributed by atoms with Crippen molar-refractivity contribution >= 4 is 23.1 Å². The van der Waals surface area contributed by atoms with Crippen LogP contribution in [0.4, 0.5) is 0 Å². The molecule has 1 saturated carbocycles. The molecule has 2 rings (SSSR count). The lowest BCUT2D eigenvalue weighted by Crippen LogP contribution is -2.44. The first kappa shape index (κ1) is 13.9. The van der Waals surface area contributed by atoms with E-state index in [-0.39, 0.29) is 11.9 Å². The molecular formula is C13H18N4OS. The van der Waals surface area contributed by atoms with Gasteiger partial charge in [-0.1, -0.05) is 25.1 Å². The highest BCUT2D eigenvalue weighted by molar-refractivity contribution is 7.80. The second-order valence-electron chi connectivity index (χ2n) is 4.88. The number of nitrogens with zero attached hydrogens (tertiary/aromatic N) is 3. The first-order chi connectivity index (χ1) is 9.08. The summed E-state index contributed by atoms with van der Waals surface area (Å²) in [5.74, 6) is -0.132. The molecule has 1 aliphatic rings. The van der Waals surface area contributed by atoms with Crippen molar-refractivity contribution in [2.24, 2.45) is 5.73 Å². The quantitative estimate of drug-likeness (QED) is 0.844. The molecule has 0 unspecified atom stereocenters. The van der Waals surface area contributed by atoms with Gasteiger partial charge in [-0.15, -0.1) is 0 Å². The van der Waals surface area contributed by atoms with E-state index in [9.17, 15) is 4.79 Å². The fourth-order valence-corrected chi connectivity index (χ4v) is 2.54. The summed E-state index contributed by atoms with van der Waals surface area (Å²) in [6.45, 7) is 2.15. The number of hydrogen-bond acceptors (Lipinski definition) is 4. The zero-order chi connectivity index (χ0) is 13.8. The highest BCUT2D eigenvalue weighted by Gasteiger charge is 2.28.